The van der Waals surface area contributed by atoms with E-state index in [2.05, 4.69) is 37.3 Å². The van der Waals surface area contributed by atoms with Crippen LogP contribution in [0.25, 0.3) is 23.0 Å². The van der Waals surface area contributed by atoms with Gasteiger partial charge >= 0.3 is 0 Å². The third kappa shape index (κ3) is 5.83. The van der Waals surface area contributed by atoms with Crippen molar-refractivity contribution in [2.75, 3.05) is 26.3 Å². The summed E-state index contributed by atoms with van der Waals surface area (Å²) in [4.78, 5) is 14.7. The highest BCUT2D eigenvalue weighted by molar-refractivity contribution is 6.02. The van der Waals surface area contributed by atoms with Gasteiger partial charge in [0.05, 0.1) is 24.6 Å². The third-order valence-corrected chi connectivity index (χ3v) is 6.37. The summed E-state index contributed by atoms with van der Waals surface area (Å²) in [6, 6.07) is 27.8. The Balaban J connectivity index is 1.44. The molecule has 1 aliphatic heterocycles. The second kappa shape index (κ2) is 11.6. The summed E-state index contributed by atoms with van der Waals surface area (Å²) in [6.45, 7) is 4.42. The highest BCUT2D eigenvalue weighted by Crippen LogP contribution is 2.28. The molecule has 190 valence electrons. The smallest absolute Gasteiger partial charge is 0.264 e. The van der Waals surface area contributed by atoms with Gasteiger partial charge in [0, 0.05) is 30.4 Å². The summed E-state index contributed by atoms with van der Waals surface area (Å²) in [5.41, 5.74) is 5.46. The maximum Gasteiger partial charge on any atom is 0.264 e. The zero-order valence-corrected chi connectivity index (χ0v) is 21.2. The average Bonchev–Trinajstić information content (AvgIpc) is 3.40. The van der Waals surface area contributed by atoms with Crippen molar-refractivity contribution in [3.8, 4) is 28.8 Å². The highest BCUT2D eigenvalue weighted by atomic mass is 16.5. The molecule has 38 heavy (non-hydrogen) atoms. The lowest BCUT2D eigenvalue weighted by Gasteiger charge is -2.26. The van der Waals surface area contributed by atoms with E-state index in [1.807, 2.05) is 60.8 Å². The van der Waals surface area contributed by atoms with E-state index in [1.165, 1.54) is 5.56 Å². The first-order valence-electron chi connectivity index (χ1n) is 12.5. The molecule has 7 nitrogen and oxygen atoms in total. The molecule has 1 aromatic heterocycles. The number of nitriles is 1. The zero-order chi connectivity index (χ0) is 26.3. The van der Waals surface area contributed by atoms with Gasteiger partial charge in [0.25, 0.3) is 5.91 Å². The van der Waals surface area contributed by atoms with Gasteiger partial charge in [-0.2, -0.15) is 10.4 Å². The first-order chi connectivity index (χ1) is 18.6. The molecule has 4 aromatic rings. The number of aryl methyl sites for hydroxylation is 1. The van der Waals surface area contributed by atoms with Gasteiger partial charge in [0.2, 0.25) is 0 Å². The molecule has 1 saturated heterocycles. The first-order valence-corrected chi connectivity index (χ1v) is 12.5. The molecule has 0 spiro atoms. The van der Waals surface area contributed by atoms with E-state index in [0.717, 1.165) is 22.6 Å². The number of carbonyl (C=O) groups excluding carboxylic acids is 1. The summed E-state index contributed by atoms with van der Waals surface area (Å²) < 4.78 is 13.1. The van der Waals surface area contributed by atoms with Crippen LogP contribution in [0.5, 0.6) is 5.75 Å². The number of amides is 1. The number of nitrogens with zero attached hydrogens (tertiary/aromatic N) is 4. The fraction of sp³-hybridized carbons (Fsp3) is 0.194. The molecule has 0 unspecified atom stereocenters. The standard InChI is InChI=1S/C31H28N4O3/c1-23-7-9-24(10-8-23)22-38-29-13-11-25(12-14-29)30-27(21-35(33-30)28-5-3-2-4-6-28)19-26(20-32)31(36)34-15-17-37-18-16-34/h2-14,19,21H,15-18,22H2,1H3/b26-19-. The van der Waals surface area contributed by atoms with Crippen molar-refractivity contribution in [2.45, 2.75) is 13.5 Å². The molecule has 0 radical (unpaired) electrons. The summed E-state index contributed by atoms with van der Waals surface area (Å²) >= 11 is 0. The van der Waals surface area contributed by atoms with Gasteiger partial charge in [-0.25, -0.2) is 4.68 Å². The number of hydrogen-bond acceptors (Lipinski definition) is 5. The van der Waals surface area contributed by atoms with E-state index in [9.17, 15) is 10.1 Å². The van der Waals surface area contributed by atoms with E-state index in [0.29, 0.717) is 44.2 Å². The topological polar surface area (TPSA) is 80.4 Å². The van der Waals surface area contributed by atoms with Gasteiger partial charge in [-0.3, -0.25) is 4.79 Å². The predicted molar refractivity (Wildman–Crippen MR) is 145 cm³/mol. The molecule has 1 amide bonds. The second-order valence-electron chi connectivity index (χ2n) is 9.09. The van der Waals surface area contributed by atoms with Crippen molar-refractivity contribution in [1.29, 1.82) is 5.26 Å². The first kappa shape index (κ1) is 25.0. The average molecular weight is 505 g/mol. The Morgan fingerprint density at radius 2 is 1.74 bits per heavy atom. The maximum absolute atomic E-state index is 13.0. The van der Waals surface area contributed by atoms with Crippen LogP contribution >= 0.6 is 0 Å². The largest absolute Gasteiger partial charge is 0.489 e. The fourth-order valence-electron chi connectivity index (χ4n) is 4.22. The maximum atomic E-state index is 13.0. The zero-order valence-electron chi connectivity index (χ0n) is 21.2. The van der Waals surface area contributed by atoms with Gasteiger partial charge in [0.15, 0.2) is 0 Å². The Morgan fingerprint density at radius 1 is 1.03 bits per heavy atom. The molecule has 0 N–H and O–H groups in total. The number of para-hydroxylation sites is 1. The highest BCUT2D eigenvalue weighted by Gasteiger charge is 2.22. The molecule has 0 aliphatic carbocycles. The van der Waals surface area contributed by atoms with Crippen LogP contribution in [0.3, 0.4) is 0 Å². The lowest BCUT2D eigenvalue weighted by Crippen LogP contribution is -2.41. The molecule has 0 saturated carbocycles. The van der Waals surface area contributed by atoms with Gasteiger partial charge in [-0.15, -0.1) is 0 Å². The van der Waals surface area contributed by atoms with Crippen LogP contribution in [0, 0.1) is 18.3 Å². The molecule has 0 atom stereocenters. The molecular weight excluding hydrogens is 476 g/mol. The molecular formula is C31H28N4O3. The van der Waals surface area contributed by atoms with Crippen molar-refractivity contribution < 1.29 is 14.3 Å². The monoisotopic (exact) mass is 504 g/mol. The van der Waals surface area contributed by atoms with Crippen LogP contribution in [0.1, 0.15) is 16.7 Å². The van der Waals surface area contributed by atoms with E-state index >= 15 is 0 Å². The van der Waals surface area contributed by atoms with Crippen molar-refractivity contribution >= 4 is 12.0 Å². The molecule has 7 heteroatoms. The summed E-state index contributed by atoms with van der Waals surface area (Å²) in [6.07, 6.45) is 3.47. The summed E-state index contributed by atoms with van der Waals surface area (Å²) in [7, 11) is 0. The number of ether oxygens (including phenoxy) is 2. The minimum Gasteiger partial charge on any atom is -0.489 e. The van der Waals surface area contributed by atoms with Crippen LogP contribution in [0.4, 0.5) is 0 Å². The molecule has 2 heterocycles. The molecule has 5 rings (SSSR count). The van der Waals surface area contributed by atoms with Crippen molar-refractivity contribution in [3.63, 3.8) is 0 Å². The minimum absolute atomic E-state index is 0.0683. The third-order valence-electron chi connectivity index (χ3n) is 6.37. The number of morpholine rings is 1. The summed E-state index contributed by atoms with van der Waals surface area (Å²) in [5.74, 6) is 0.447. The Hall–Kier alpha value is -4.67. The van der Waals surface area contributed by atoms with Crippen LogP contribution in [-0.4, -0.2) is 46.9 Å². The quantitative estimate of drug-likeness (QED) is 0.256. The normalized spacial score (nSPS) is 13.7. The number of benzene rings is 3. The number of aromatic nitrogens is 2. The summed E-state index contributed by atoms with van der Waals surface area (Å²) in [5, 5.41) is 14.7. The Bertz CT molecular complexity index is 1460. The fourth-order valence-corrected chi connectivity index (χ4v) is 4.22. The second-order valence-corrected chi connectivity index (χ2v) is 9.09. The van der Waals surface area contributed by atoms with E-state index in [4.69, 9.17) is 14.6 Å². The van der Waals surface area contributed by atoms with Crippen LogP contribution in [-0.2, 0) is 16.1 Å². The SMILES string of the molecule is Cc1ccc(COc2ccc(-c3nn(-c4ccccc4)cc3/C=C(/C#N)C(=O)N3CCOCC3)cc2)cc1. The molecule has 1 fully saturated rings. The van der Waals surface area contributed by atoms with Crippen molar-refractivity contribution in [3.05, 3.63) is 107 Å². The van der Waals surface area contributed by atoms with Gasteiger partial charge in [-0.05, 0) is 55.0 Å². The molecule has 3 aromatic carbocycles. The Kier molecular flexibility index (Phi) is 7.62. The van der Waals surface area contributed by atoms with Crippen LogP contribution in [0.2, 0.25) is 0 Å². The lowest BCUT2D eigenvalue weighted by atomic mass is 10.1. The van der Waals surface area contributed by atoms with Crippen molar-refractivity contribution in [2.24, 2.45) is 0 Å². The number of rotatable bonds is 7. The molecule has 1 aliphatic rings. The van der Waals surface area contributed by atoms with Crippen LogP contribution < -0.4 is 4.74 Å². The predicted octanol–water partition coefficient (Wildman–Crippen LogP) is 5.19. The van der Waals surface area contributed by atoms with E-state index < -0.39 is 0 Å². The Morgan fingerprint density at radius 3 is 2.42 bits per heavy atom. The van der Waals surface area contributed by atoms with Crippen molar-refractivity contribution in [1.82, 2.24) is 14.7 Å². The van der Waals surface area contributed by atoms with Gasteiger partial charge in [0.1, 0.15) is 24.0 Å². The molecule has 0 bridgehead atoms. The minimum atomic E-state index is -0.297. The van der Waals surface area contributed by atoms with E-state index in [1.54, 1.807) is 15.7 Å². The number of carbonyl (C=O) groups is 1. The number of hydrogen-bond donors (Lipinski definition) is 0. The Labute approximate surface area is 222 Å². The van der Waals surface area contributed by atoms with Gasteiger partial charge in [-0.1, -0.05) is 48.0 Å². The van der Waals surface area contributed by atoms with Crippen LogP contribution in [0.15, 0.2) is 90.6 Å². The lowest BCUT2D eigenvalue weighted by molar-refractivity contribution is -0.130. The van der Waals surface area contributed by atoms with Gasteiger partial charge < -0.3 is 14.4 Å². The van der Waals surface area contributed by atoms with E-state index in [-0.39, 0.29) is 11.5 Å².